The highest BCUT2D eigenvalue weighted by atomic mass is 19.4. The number of hydrogen-bond acceptors (Lipinski definition) is 12. The first kappa shape index (κ1) is 49.3. The number of rotatable bonds is 22. The number of aryl methyl sites for hydroxylation is 1. The Morgan fingerprint density at radius 1 is 0.870 bits per heavy atom. The summed E-state index contributed by atoms with van der Waals surface area (Å²) in [6.07, 6.45) is 7.38. The molecule has 364 valence electrons. The molecular weight excluding hydrogens is 900 g/mol. The van der Waals surface area contributed by atoms with E-state index in [0.717, 1.165) is 60.9 Å². The number of carbonyl (C=O) groups is 6. The van der Waals surface area contributed by atoms with E-state index in [-0.39, 0.29) is 60.9 Å². The third-order valence-electron chi connectivity index (χ3n) is 11.8. The number of nitrogen functional groups attached to an aromatic ring is 1. The fourth-order valence-corrected chi connectivity index (χ4v) is 8.34. The fraction of sp³-hybridized carbons (Fsp3) is 0.396. The Balaban J connectivity index is 0.759. The summed E-state index contributed by atoms with van der Waals surface area (Å²) in [4.78, 5) is 88.4. The standard InChI is InChI=1S/C48H54F3N11O7/c49-48(50,51)69-34-10-7-9-30(23-34)24-42(66)62-22-18-32-25-31(12-16-38(32)62)35-28-61(45-43(35)44(52)57-29-58-45)21-8-20-53-39(63)11-5-3-1-2-4-6-19-54-41(65)27-55-33-13-14-36(56-26-33)46(67)59-37-15-17-40(64)60-47(37)68/h7,9-10,12-14,16,23,25-26,28-29,37,55H,1-6,8,11,15,17-22,24,27H2,(H,53,63)(H,54,65)(H,59,67)(H2,52,57,58)(H,60,64,68). The zero-order valence-electron chi connectivity index (χ0n) is 37.8. The molecule has 2 aliphatic heterocycles. The lowest BCUT2D eigenvalue weighted by molar-refractivity contribution is -0.274. The van der Waals surface area contributed by atoms with Crippen LogP contribution in [0.5, 0.6) is 5.75 Å². The molecule has 5 heterocycles. The second-order valence-corrected chi connectivity index (χ2v) is 16.9. The van der Waals surface area contributed by atoms with E-state index in [1.807, 2.05) is 29.0 Å². The molecule has 1 atom stereocenters. The number of carbonyl (C=O) groups excluding carboxylic acids is 6. The molecule has 2 aliphatic rings. The summed E-state index contributed by atoms with van der Waals surface area (Å²) in [6, 6.07) is 13.5. The number of anilines is 3. The first-order valence-corrected chi connectivity index (χ1v) is 23.0. The van der Waals surface area contributed by atoms with E-state index < -0.39 is 24.2 Å². The first-order valence-electron chi connectivity index (χ1n) is 23.0. The van der Waals surface area contributed by atoms with Crippen molar-refractivity contribution in [1.29, 1.82) is 0 Å². The van der Waals surface area contributed by atoms with Crippen molar-refractivity contribution in [2.45, 2.75) is 96.0 Å². The number of ether oxygens (including phenoxy) is 1. The number of pyridine rings is 1. The number of benzene rings is 2. The Bertz CT molecular complexity index is 2680. The van der Waals surface area contributed by atoms with Crippen LogP contribution in [0.4, 0.5) is 30.4 Å². The van der Waals surface area contributed by atoms with Crippen LogP contribution in [-0.4, -0.2) is 93.5 Å². The molecule has 1 saturated heterocycles. The van der Waals surface area contributed by atoms with Crippen LogP contribution in [0.25, 0.3) is 22.2 Å². The molecule has 0 radical (unpaired) electrons. The molecule has 6 amide bonds. The molecule has 0 saturated carbocycles. The quantitative estimate of drug-likeness (QED) is 0.0392. The molecule has 7 N–H and O–H groups in total. The predicted molar refractivity (Wildman–Crippen MR) is 250 cm³/mol. The molecule has 0 bridgehead atoms. The molecule has 69 heavy (non-hydrogen) atoms. The van der Waals surface area contributed by atoms with Gasteiger partial charge in [-0.3, -0.25) is 34.1 Å². The van der Waals surface area contributed by atoms with Crippen molar-refractivity contribution < 1.29 is 46.7 Å². The number of hydrogen-bond donors (Lipinski definition) is 6. The highest BCUT2D eigenvalue weighted by Gasteiger charge is 2.32. The Labute approximate surface area is 395 Å². The molecule has 1 unspecified atom stereocenters. The number of nitrogens with one attached hydrogen (secondary N) is 5. The van der Waals surface area contributed by atoms with E-state index >= 15 is 0 Å². The van der Waals surface area contributed by atoms with Gasteiger partial charge >= 0.3 is 6.36 Å². The van der Waals surface area contributed by atoms with Gasteiger partial charge in [0.1, 0.15) is 35.3 Å². The van der Waals surface area contributed by atoms with Gasteiger partial charge in [-0.15, -0.1) is 13.2 Å². The molecule has 2 aromatic carbocycles. The van der Waals surface area contributed by atoms with Crippen molar-refractivity contribution in [3.8, 4) is 16.9 Å². The molecule has 21 heteroatoms. The lowest BCUT2D eigenvalue weighted by Gasteiger charge is -2.21. The number of aromatic nitrogens is 4. The monoisotopic (exact) mass is 953 g/mol. The largest absolute Gasteiger partial charge is 0.573 e. The van der Waals surface area contributed by atoms with E-state index in [1.165, 1.54) is 36.8 Å². The third kappa shape index (κ3) is 13.8. The van der Waals surface area contributed by atoms with E-state index in [1.54, 1.807) is 17.0 Å². The summed E-state index contributed by atoms with van der Waals surface area (Å²) < 4.78 is 44.2. The number of fused-ring (bicyclic) bond motifs is 2. The van der Waals surface area contributed by atoms with Crippen LogP contribution >= 0.6 is 0 Å². The SMILES string of the molecule is Nc1ncnc2c1c(-c1ccc3c(c1)CCN3C(=O)Cc1cccc(OC(F)(F)F)c1)cn2CCCNC(=O)CCCCCCCCNC(=O)CNc1ccc(C(=O)NC2CCC(=O)NC2=O)nc1. The van der Waals surface area contributed by atoms with Gasteiger partial charge in [0.05, 0.1) is 30.2 Å². The van der Waals surface area contributed by atoms with Crippen LogP contribution in [-0.2, 0) is 43.4 Å². The first-order chi connectivity index (χ1) is 33.2. The summed E-state index contributed by atoms with van der Waals surface area (Å²) in [7, 11) is 0. The van der Waals surface area contributed by atoms with Crippen LogP contribution in [0.3, 0.4) is 0 Å². The summed E-state index contributed by atoms with van der Waals surface area (Å²) in [6.45, 7) is 2.05. The number of piperidine rings is 1. The van der Waals surface area contributed by atoms with E-state index in [2.05, 4.69) is 46.3 Å². The van der Waals surface area contributed by atoms with Crippen molar-refractivity contribution in [1.82, 2.24) is 40.8 Å². The van der Waals surface area contributed by atoms with Gasteiger partial charge < -0.3 is 41.2 Å². The second kappa shape index (κ2) is 22.9. The number of unbranched alkanes of at least 4 members (excludes halogenated alkanes) is 5. The minimum atomic E-state index is -4.83. The minimum Gasteiger partial charge on any atom is -0.406 e. The van der Waals surface area contributed by atoms with Crippen LogP contribution in [0.15, 0.2) is 73.3 Å². The van der Waals surface area contributed by atoms with Gasteiger partial charge in [-0.25, -0.2) is 15.0 Å². The van der Waals surface area contributed by atoms with Crippen molar-refractivity contribution in [2.24, 2.45) is 0 Å². The summed E-state index contributed by atoms with van der Waals surface area (Å²) in [5, 5.41) is 14.3. The highest BCUT2D eigenvalue weighted by Crippen LogP contribution is 2.37. The van der Waals surface area contributed by atoms with Gasteiger partial charge in [-0.05, 0) is 85.2 Å². The number of nitrogens with zero attached hydrogens (tertiary/aromatic N) is 5. The molecule has 7 rings (SSSR count). The van der Waals surface area contributed by atoms with Crippen molar-refractivity contribution in [3.05, 3.63) is 90.1 Å². The number of halogens is 3. The zero-order chi connectivity index (χ0) is 48.9. The molecule has 0 aliphatic carbocycles. The molecule has 3 aromatic heterocycles. The lowest BCUT2D eigenvalue weighted by atomic mass is 10.0. The molecule has 1 fully saturated rings. The van der Waals surface area contributed by atoms with Gasteiger partial charge in [-0.1, -0.05) is 43.9 Å². The van der Waals surface area contributed by atoms with Gasteiger partial charge in [0.2, 0.25) is 29.5 Å². The molecule has 18 nitrogen and oxygen atoms in total. The average molecular weight is 954 g/mol. The van der Waals surface area contributed by atoms with Gasteiger partial charge in [-0.2, -0.15) is 0 Å². The maximum absolute atomic E-state index is 13.3. The fourth-order valence-electron chi connectivity index (χ4n) is 8.34. The van der Waals surface area contributed by atoms with E-state index in [4.69, 9.17) is 5.73 Å². The smallest absolute Gasteiger partial charge is 0.406 e. The number of nitrogens with two attached hydrogens (primary N) is 1. The average Bonchev–Trinajstić information content (AvgIpc) is 3.92. The maximum Gasteiger partial charge on any atom is 0.573 e. The zero-order valence-corrected chi connectivity index (χ0v) is 37.8. The van der Waals surface area contributed by atoms with E-state index in [0.29, 0.717) is 73.5 Å². The van der Waals surface area contributed by atoms with Crippen LogP contribution < -0.4 is 42.0 Å². The molecular formula is C48H54F3N11O7. The molecule has 0 spiro atoms. The van der Waals surface area contributed by atoms with Crippen molar-refractivity contribution in [3.63, 3.8) is 0 Å². The van der Waals surface area contributed by atoms with Crippen LogP contribution in [0, 0.1) is 0 Å². The summed E-state index contributed by atoms with van der Waals surface area (Å²) in [5.41, 5.74) is 11.5. The lowest BCUT2D eigenvalue weighted by Crippen LogP contribution is -2.52. The summed E-state index contributed by atoms with van der Waals surface area (Å²) >= 11 is 0. The van der Waals surface area contributed by atoms with Gasteiger partial charge in [0, 0.05) is 56.5 Å². The van der Waals surface area contributed by atoms with Gasteiger partial charge in [0.25, 0.3) is 5.91 Å². The van der Waals surface area contributed by atoms with Crippen LogP contribution in [0.2, 0.25) is 0 Å². The van der Waals surface area contributed by atoms with E-state index in [9.17, 15) is 41.9 Å². The molecule has 5 aromatic rings. The third-order valence-corrected chi connectivity index (χ3v) is 11.8. The highest BCUT2D eigenvalue weighted by molar-refractivity contribution is 6.04. The number of amides is 6. The maximum atomic E-state index is 13.3. The Hall–Kier alpha value is -7.58. The van der Waals surface area contributed by atoms with Crippen LogP contribution in [0.1, 0.15) is 85.8 Å². The predicted octanol–water partition coefficient (Wildman–Crippen LogP) is 5.11. The minimum absolute atomic E-state index is 0.00685. The van der Waals surface area contributed by atoms with Crippen molar-refractivity contribution in [2.75, 3.05) is 42.1 Å². The van der Waals surface area contributed by atoms with Gasteiger partial charge in [0.15, 0.2) is 0 Å². The second-order valence-electron chi connectivity index (χ2n) is 16.9. The normalized spacial score (nSPS) is 14.5. The Morgan fingerprint density at radius 3 is 2.43 bits per heavy atom. The number of alkyl halides is 3. The topological polar surface area (TPSA) is 245 Å². The summed E-state index contributed by atoms with van der Waals surface area (Å²) in [5.74, 6) is -1.93. The Morgan fingerprint density at radius 2 is 1.65 bits per heavy atom. The Kier molecular flexibility index (Phi) is 16.4. The van der Waals surface area contributed by atoms with Crippen molar-refractivity contribution >= 4 is 63.7 Å². The number of imide groups is 1.